The Bertz CT molecular complexity index is 499. The third-order valence-electron chi connectivity index (χ3n) is 1.92. The van der Waals surface area contributed by atoms with Crippen LogP contribution < -0.4 is 11.5 Å². The highest BCUT2D eigenvalue weighted by Crippen LogP contribution is 2.27. The van der Waals surface area contributed by atoms with E-state index in [4.69, 9.17) is 23.1 Å². The topological polar surface area (TPSA) is 77.8 Å². The summed E-state index contributed by atoms with van der Waals surface area (Å²) >= 11 is 5.98. The Balaban J connectivity index is 2.58. The zero-order chi connectivity index (χ0) is 10.8. The van der Waals surface area contributed by atoms with Crippen LogP contribution in [-0.2, 0) is 0 Å². The minimum atomic E-state index is 0.402. The van der Waals surface area contributed by atoms with Crippen LogP contribution in [0.5, 0.6) is 0 Å². The molecule has 2 heterocycles. The third-order valence-corrected chi connectivity index (χ3v) is 2.22. The summed E-state index contributed by atoms with van der Waals surface area (Å²) in [6, 6.07) is 7.01. The molecule has 0 atom stereocenters. The lowest BCUT2D eigenvalue weighted by molar-refractivity contribution is 1.30. The van der Waals surface area contributed by atoms with Crippen molar-refractivity contribution in [3.05, 3.63) is 35.5 Å². The van der Waals surface area contributed by atoms with E-state index in [0.29, 0.717) is 22.4 Å². The van der Waals surface area contributed by atoms with E-state index in [0.717, 1.165) is 5.56 Å². The summed E-state index contributed by atoms with van der Waals surface area (Å²) in [4.78, 5) is 8.03. The Morgan fingerprint density at radius 3 is 2.67 bits per heavy atom. The number of nitrogens with zero attached hydrogens (tertiary/aromatic N) is 2. The molecule has 0 aromatic carbocycles. The van der Waals surface area contributed by atoms with Crippen molar-refractivity contribution in [3.63, 3.8) is 0 Å². The first-order valence-electron chi connectivity index (χ1n) is 4.31. The molecule has 76 valence electrons. The van der Waals surface area contributed by atoms with Crippen LogP contribution in [0.3, 0.4) is 0 Å². The van der Waals surface area contributed by atoms with Crippen molar-refractivity contribution in [2.75, 3.05) is 11.5 Å². The van der Waals surface area contributed by atoms with E-state index >= 15 is 0 Å². The van der Waals surface area contributed by atoms with Crippen molar-refractivity contribution in [2.24, 2.45) is 0 Å². The molecule has 0 aliphatic heterocycles. The lowest BCUT2D eigenvalue weighted by Crippen LogP contribution is -1.94. The lowest BCUT2D eigenvalue weighted by atomic mass is 10.1. The Labute approximate surface area is 91.9 Å². The average molecular weight is 221 g/mol. The molecule has 15 heavy (non-hydrogen) atoms. The van der Waals surface area contributed by atoms with Crippen LogP contribution in [0, 0.1) is 0 Å². The summed E-state index contributed by atoms with van der Waals surface area (Å²) in [7, 11) is 0. The van der Waals surface area contributed by atoms with Gasteiger partial charge in [-0.1, -0.05) is 17.7 Å². The number of anilines is 2. The second-order valence-corrected chi connectivity index (χ2v) is 3.44. The maximum atomic E-state index is 5.98. The molecule has 4 nitrogen and oxygen atoms in total. The van der Waals surface area contributed by atoms with Gasteiger partial charge in [0.25, 0.3) is 0 Å². The van der Waals surface area contributed by atoms with Gasteiger partial charge in [0.15, 0.2) is 0 Å². The largest absolute Gasteiger partial charge is 0.384 e. The molecular formula is C10H9ClN4. The van der Waals surface area contributed by atoms with E-state index in [1.807, 2.05) is 12.1 Å². The van der Waals surface area contributed by atoms with Crippen LogP contribution in [0.25, 0.3) is 11.3 Å². The van der Waals surface area contributed by atoms with Crippen LogP contribution in [0.4, 0.5) is 11.6 Å². The standard InChI is InChI=1S/C10H9ClN4/c11-7-5-14-10(13)4-6(7)8-2-1-3-9(12)15-8/h1-5H,(H2,12,15)(H2,13,14). The van der Waals surface area contributed by atoms with Crippen molar-refractivity contribution < 1.29 is 0 Å². The van der Waals surface area contributed by atoms with Gasteiger partial charge in [0.05, 0.1) is 10.7 Å². The van der Waals surface area contributed by atoms with Gasteiger partial charge in [0.2, 0.25) is 0 Å². The normalized spacial score (nSPS) is 10.2. The summed E-state index contributed by atoms with van der Waals surface area (Å²) < 4.78 is 0. The van der Waals surface area contributed by atoms with Crippen molar-refractivity contribution >= 4 is 23.2 Å². The van der Waals surface area contributed by atoms with Crippen LogP contribution in [0.2, 0.25) is 5.02 Å². The van der Waals surface area contributed by atoms with Crippen LogP contribution in [0.1, 0.15) is 0 Å². The zero-order valence-electron chi connectivity index (χ0n) is 7.81. The summed E-state index contributed by atoms with van der Waals surface area (Å²) in [6.07, 6.45) is 1.50. The third kappa shape index (κ3) is 1.99. The van der Waals surface area contributed by atoms with Gasteiger partial charge in [-0.05, 0) is 18.2 Å². The average Bonchev–Trinajstić information content (AvgIpc) is 2.22. The molecule has 0 aliphatic carbocycles. The highest BCUT2D eigenvalue weighted by atomic mass is 35.5. The van der Waals surface area contributed by atoms with Gasteiger partial charge in [0, 0.05) is 11.8 Å². The second kappa shape index (κ2) is 3.74. The van der Waals surface area contributed by atoms with Gasteiger partial charge >= 0.3 is 0 Å². The molecule has 5 heteroatoms. The minimum absolute atomic E-state index is 0.402. The first-order chi connectivity index (χ1) is 7.16. The van der Waals surface area contributed by atoms with E-state index in [2.05, 4.69) is 9.97 Å². The number of nitrogens with two attached hydrogens (primary N) is 2. The summed E-state index contributed by atoms with van der Waals surface area (Å²) in [6.45, 7) is 0. The van der Waals surface area contributed by atoms with Crippen molar-refractivity contribution in [3.8, 4) is 11.3 Å². The maximum absolute atomic E-state index is 5.98. The molecule has 2 rings (SSSR count). The molecule has 2 aromatic rings. The number of pyridine rings is 2. The first-order valence-corrected chi connectivity index (χ1v) is 4.68. The number of hydrogen-bond donors (Lipinski definition) is 2. The van der Waals surface area contributed by atoms with Gasteiger partial charge in [-0.2, -0.15) is 0 Å². The molecule has 2 aromatic heterocycles. The molecule has 0 bridgehead atoms. The highest BCUT2D eigenvalue weighted by molar-refractivity contribution is 6.33. The van der Waals surface area contributed by atoms with E-state index in [1.165, 1.54) is 6.20 Å². The SMILES string of the molecule is Nc1cc(-c2cccc(N)n2)c(Cl)cn1. The van der Waals surface area contributed by atoms with Gasteiger partial charge in [-0.3, -0.25) is 0 Å². The lowest BCUT2D eigenvalue weighted by Gasteiger charge is -2.04. The van der Waals surface area contributed by atoms with Gasteiger partial charge in [0.1, 0.15) is 11.6 Å². The second-order valence-electron chi connectivity index (χ2n) is 3.04. The van der Waals surface area contributed by atoms with Gasteiger partial charge in [-0.25, -0.2) is 9.97 Å². The molecule has 0 unspecified atom stereocenters. The Morgan fingerprint density at radius 1 is 1.13 bits per heavy atom. The molecule has 0 saturated heterocycles. The van der Waals surface area contributed by atoms with Crippen LogP contribution in [0.15, 0.2) is 30.5 Å². The van der Waals surface area contributed by atoms with Crippen molar-refractivity contribution in [1.82, 2.24) is 9.97 Å². The molecular weight excluding hydrogens is 212 g/mol. The molecule has 0 radical (unpaired) electrons. The fourth-order valence-corrected chi connectivity index (χ4v) is 1.45. The van der Waals surface area contributed by atoms with Gasteiger partial charge in [-0.15, -0.1) is 0 Å². The molecule has 4 N–H and O–H groups in total. The van der Waals surface area contributed by atoms with Crippen molar-refractivity contribution in [1.29, 1.82) is 0 Å². The first kappa shape index (κ1) is 9.73. The Morgan fingerprint density at radius 2 is 1.93 bits per heavy atom. The fraction of sp³-hybridized carbons (Fsp3) is 0. The van der Waals surface area contributed by atoms with E-state index in [1.54, 1.807) is 12.1 Å². The zero-order valence-corrected chi connectivity index (χ0v) is 8.57. The number of nitrogen functional groups attached to an aromatic ring is 2. The van der Waals surface area contributed by atoms with E-state index in [-0.39, 0.29) is 0 Å². The Kier molecular flexibility index (Phi) is 2.43. The number of hydrogen-bond acceptors (Lipinski definition) is 4. The molecule has 0 spiro atoms. The monoisotopic (exact) mass is 220 g/mol. The number of rotatable bonds is 1. The minimum Gasteiger partial charge on any atom is -0.384 e. The summed E-state index contributed by atoms with van der Waals surface area (Å²) in [5.74, 6) is 0.845. The number of halogens is 1. The summed E-state index contributed by atoms with van der Waals surface area (Å²) in [5, 5.41) is 0.502. The molecule has 0 amide bonds. The van der Waals surface area contributed by atoms with Crippen LogP contribution in [-0.4, -0.2) is 9.97 Å². The smallest absolute Gasteiger partial charge is 0.124 e. The summed E-state index contributed by atoms with van der Waals surface area (Å²) in [5.41, 5.74) is 12.6. The predicted molar refractivity (Wildman–Crippen MR) is 61.3 cm³/mol. The molecule has 0 fully saturated rings. The fourth-order valence-electron chi connectivity index (χ4n) is 1.25. The quantitative estimate of drug-likeness (QED) is 0.770. The van der Waals surface area contributed by atoms with E-state index < -0.39 is 0 Å². The van der Waals surface area contributed by atoms with Crippen molar-refractivity contribution in [2.45, 2.75) is 0 Å². The molecule has 0 saturated carbocycles. The Hall–Kier alpha value is -1.81. The molecule has 0 aliphatic rings. The highest BCUT2D eigenvalue weighted by Gasteiger charge is 2.06. The maximum Gasteiger partial charge on any atom is 0.124 e. The van der Waals surface area contributed by atoms with Gasteiger partial charge < -0.3 is 11.5 Å². The van der Waals surface area contributed by atoms with E-state index in [9.17, 15) is 0 Å². The number of aromatic nitrogens is 2. The van der Waals surface area contributed by atoms with Crippen LogP contribution >= 0.6 is 11.6 Å². The predicted octanol–water partition coefficient (Wildman–Crippen LogP) is 1.96.